The summed E-state index contributed by atoms with van der Waals surface area (Å²) in [7, 11) is 0. The molecule has 1 aromatic carbocycles. The zero-order valence-corrected chi connectivity index (χ0v) is 12.5. The molecule has 111 valence electrons. The van der Waals surface area contributed by atoms with Crippen LogP contribution in [0.25, 0.3) is 0 Å². The predicted octanol–water partition coefficient (Wildman–Crippen LogP) is 3.81. The van der Waals surface area contributed by atoms with Crippen molar-refractivity contribution < 1.29 is 9.90 Å². The second-order valence-corrected chi connectivity index (χ2v) is 5.17. The predicted molar refractivity (Wildman–Crippen MR) is 80.8 cm³/mol. The number of rotatable bonds is 10. The molecule has 0 aliphatic carbocycles. The number of amides is 1. The highest BCUT2D eigenvalue weighted by Gasteiger charge is 2.13. The molecule has 0 bridgehead atoms. The summed E-state index contributed by atoms with van der Waals surface area (Å²) in [6.45, 7) is 3.24. The van der Waals surface area contributed by atoms with E-state index in [1.54, 1.807) is 0 Å². The standard InChI is InChI=1S/C17H26NO2/c1-2-3-4-8-12-17(20)18(13-9-14-19)15-16-10-6-5-7-11-16/h5-7,10-11H,2-4,8-9,12-15H2,1H3. The van der Waals surface area contributed by atoms with Gasteiger partial charge in [0, 0.05) is 19.5 Å². The lowest BCUT2D eigenvalue weighted by Gasteiger charge is -2.22. The highest BCUT2D eigenvalue weighted by Crippen LogP contribution is 2.10. The first-order valence-corrected chi connectivity index (χ1v) is 7.67. The maximum Gasteiger partial charge on any atom is 0.222 e. The number of hydrogen-bond acceptors (Lipinski definition) is 1. The van der Waals surface area contributed by atoms with Crippen molar-refractivity contribution in [3.05, 3.63) is 35.9 Å². The minimum Gasteiger partial charge on any atom is -0.338 e. The Kier molecular flexibility index (Phi) is 8.72. The maximum atomic E-state index is 12.2. The molecule has 1 aromatic rings. The van der Waals surface area contributed by atoms with Gasteiger partial charge in [-0.1, -0.05) is 56.5 Å². The molecule has 3 heteroatoms. The Bertz CT molecular complexity index is 365. The molecule has 20 heavy (non-hydrogen) atoms. The van der Waals surface area contributed by atoms with Gasteiger partial charge >= 0.3 is 0 Å². The van der Waals surface area contributed by atoms with Gasteiger partial charge in [-0.05, 0) is 18.4 Å². The Balaban J connectivity index is 2.47. The van der Waals surface area contributed by atoms with E-state index in [1.807, 2.05) is 35.2 Å². The van der Waals surface area contributed by atoms with Gasteiger partial charge in [0.15, 0.2) is 0 Å². The van der Waals surface area contributed by atoms with E-state index in [1.165, 1.54) is 12.8 Å². The van der Waals surface area contributed by atoms with Gasteiger partial charge in [0.25, 0.3) is 0 Å². The molecule has 0 aromatic heterocycles. The van der Waals surface area contributed by atoms with Crippen molar-refractivity contribution in [2.45, 2.75) is 52.0 Å². The summed E-state index contributed by atoms with van der Waals surface area (Å²) in [4.78, 5) is 14.1. The SMILES string of the molecule is CCCCCCC(=O)N(CCC[O])Cc1ccccc1. The molecule has 0 aliphatic heterocycles. The molecule has 1 rings (SSSR count). The van der Waals surface area contributed by atoms with Crippen molar-refractivity contribution >= 4 is 5.91 Å². The molecule has 0 N–H and O–H groups in total. The van der Waals surface area contributed by atoms with Crippen LogP contribution in [-0.4, -0.2) is 24.0 Å². The molecule has 0 unspecified atom stereocenters. The van der Waals surface area contributed by atoms with Crippen LogP contribution in [-0.2, 0) is 16.4 Å². The van der Waals surface area contributed by atoms with Crippen LogP contribution < -0.4 is 0 Å². The Morgan fingerprint density at radius 2 is 1.80 bits per heavy atom. The third kappa shape index (κ3) is 6.71. The fraction of sp³-hybridized carbons (Fsp3) is 0.588. The van der Waals surface area contributed by atoms with Gasteiger partial charge in [-0.25, -0.2) is 5.11 Å². The van der Waals surface area contributed by atoms with Crippen molar-refractivity contribution in [2.75, 3.05) is 13.2 Å². The minimum absolute atomic E-state index is 0.117. The highest BCUT2D eigenvalue weighted by atomic mass is 16.3. The van der Waals surface area contributed by atoms with Crippen LogP contribution in [0.1, 0.15) is 51.0 Å². The molecule has 3 nitrogen and oxygen atoms in total. The van der Waals surface area contributed by atoms with E-state index >= 15 is 0 Å². The molecule has 0 atom stereocenters. The molecule has 0 heterocycles. The third-order valence-corrected chi connectivity index (χ3v) is 3.39. The lowest BCUT2D eigenvalue weighted by Crippen LogP contribution is -2.31. The molecule has 0 fully saturated rings. The number of nitrogens with zero attached hydrogens (tertiary/aromatic N) is 1. The van der Waals surface area contributed by atoms with E-state index in [4.69, 9.17) is 0 Å². The topological polar surface area (TPSA) is 40.2 Å². The summed E-state index contributed by atoms with van der Waals surface area (Å²) < 4.78 is 0. The minimum atomic E-state index is -0.117. The van der Waals surface area contributed by atoms with Gasteiger partial charge in [-0.15, -0.1) is 0 Å². The van der Waals surface area contributed by atoms with Crippen LogP contribution in [0.15, 0.2) is 30.3 Å². The first kappa shape index (κ1) is 16.7. The fourth-order valence-electron chi connectivity index (χ4n) is 2.21. The van der Waals surface area contributed by atoms with Gasteiger partial charge in [-0.2, -0.15) is 0 Å². The number of carbonyl (C=O) groups excluding carboxylic acids is 1. The zero-order valence-electron chi connectivity index (χ0n) is 12.5. The molecular formula is C17H26NO2. The maximum absolute atomic E-state index is 12.2. The number of unbranched alkanes of at least 4 members (excludes halogenated alkanes) is 3. The second kappa shape index (κ2) is 10.4. The van der Waals surface area contributed by atoms with E-state index in [0.717, 1.165) is 18.4 Å². The average Bonchev–Trinajstić information content (AvgIpc) is 2.48. The average molecular weight is 276 g/mol. The normalized spacial score (nSPS) is 10.5. The molecule has 0 saturated heterocycles. The largest absolute Gasteiger partial charge is 0.338 e. The highest BCUT2D eigenvalue weighted by molar-refractivity contribution is 5.76. The van der Waals surface area contributed by atoms with Crippen LogP contribution in [0, 0.1) is 0 Å². The van der Waals surface area contributed by atoms with Crippen molar-refractivity contribution in [3.8, 4) is 0 Å². The van der Waals surface area contributed by atoms with E-state index < -0.39 is 0 Å². The van der Waals surface area contributed by atoms with Crippen LogP contribution in [0.5, 0.6) is 0 Å². The van der Waals surface area contributed by atoms with Gasteiger partial charge in [-0.3, -0.25) is 4.79 Å². The monoisotopic (exact) mass is 276 g/mol. The van der Waals surface area contributed by atoms with Crippen molar-refractivity contribution in [2.24, 2.45) is 0 Å². The lowest BCUT2D eigenvalue weighted by atomic mass is 10.1. The Labute approximate surface area is 122 Å². The van der Waals surface area contributed by atoms with Crippen LogP contribution in [0.2, 0.25) is 0 Å². The number of benzene rings is 1. The summed E-state index contributed by atoms with van der Waals surface area (Å²) in [6.07, 6.45) is 5.57. The molecule has 1 amide bonds. The smallest absolute Gasteiger partial charge is 0.222 e. The summed E-state index contributed by atoms with van der Waals surface area (Å²) >= 11 is 0. The van der Waals surface area contributed by atoms with Crippen molar-refractivity contribution in [1.29, 1.82) is 0 Å². The van der Waals surface area contributed by atoms with Gasteiger partial charge in [0.2, 0.25) is 5.91 Å². The Morgan fingerprint density at radius 3 is 2.45 bits per heavy atom. The second-order valence-electron chi connectivity index (χ2n) is 5.17. The molecule has 0 aliphatic rings. The fourth-order valence-corrected chi connectivity index (χ4v) is 2.21. The molecular weight excluding hydrogens is 250 g/mol. The van der Waals surface area contributed by atoms with Crippen molar-refractivity contribution in [3.63, 3.8) is 0 Å². The summed E-state index contributed by atoms with van der Waals surface area (Å²) in [5.74, 6) is 0.179. The molecule has 1 radical (unpaired) electrons. The Hall–Kier alpha value is -1.35. The lowest BCUT2D eigenvalue weighted by molar-refractivity contribution is -0.132. The van der Waals surface area contributed by atoms with E-state index in [9.17, 15) is 9.90 Å². The summed E-state index contributed by atoms with van der Waals surface area (Å²) in [6, 6.07) is 9.97. The molecule has 0 spiro atoms. The van der Waals surface area contributed by atoms with Crippen LogP contribution >= 0.6 is 0 Å². The summed E-state index contributed by atoms with van der Waals surface area (Å²) in [5.41, 5.74) is 1.13. The van der Waals surface area contributed by atoms with E-state index in [0.29, 0.717) is 25.9 Å². The number of carbonyl (C=O) groups is 1. The first-order chi connectivity index (χ1) is 9.77. The van der Waals surface area contributed by atoms with Crippen LogP contribution in [0.3, 0.4) is 0 Å². The van der Waals surface area contributed by atoms with Gasteiger partial charge < -0.3 is 4.90 Å². The van der Waals surface area contributed by atoms with Crippen molar-refractivity contribution in [1.82, 2.24) is 4.90 Å². The summed E-state index contributed by atoms with van der Waals surface area (Å²) in [5, 5.41) is 10.7. The number of hydrogen-bond donors (Lipinski definition) is 0. The third-order valence-electron chi connectivity index (χ3n) is 3.39. The van der Waals surface area contributed by atoms with E-state index in [-0.39, 0.29) is 12.5 Å². The molecule has 0 saturated carbocycles. The van der Waals surface area contributed by atoms with Crippen LogP contribution in [0.4, 0.5) is 0 Å². The first-order valence-electron chi connectivity index (χ1n) is 7.67. The van der Waals surface area contributed by atoms with E-state index in [2.05, 4.69) is 6.92 Å². The van der Waals surface area contributed by atoms with Gasteiger partial charge in [0.05, 0.1) is 6.61 Å². The quantitative estimate of drug-likeness (QED) is 0.599. The Morgan fingerprint density at radius 1 is 1.05 bits per heavy atom. The zero-order chi connectivity index (χ0) is 14.6. The van der Waals surface area contributed by atoms with Gasteiger partial charge in [0.1, 0.15) is 0 Å².